The van der Waals surface area contributed by atoms with Crippen LogP contribution in [0.2, 0.25) is 0 Å². The summed E-state index contributed by atoms with van der Waals surface area (Å²) < 4.78 is 5.15. The third kappa shape index (κ3) is 3.72. The summed E-state index contributed by atoms with van der Waals surface area (Å²) in [5.74, 6) is 0.167. The largest absolute Gasteiger partial charge is 0.507 e. The van der Waals surface area contributed by atoms with E-state index in [9.17, 15) is 20.0 Å². The van der Waals surface area contributed by atoms with Crippen molar-refractivity contribution in [2.24, 2.45) is 0 Å². The second kappa shape index (κ2) is 6.57. The van der Waals surface area contributed by atoms with Crippen molar-refractivity contribution in [3.05, 3.63) is 64.2 Å². The van der Waals surface area contributed by atoms with Crippen LogP contribution in [0.5, 0.6) is 11.5 Å². The van der Waals surface area contributed by atoms with Gasteiger partial charge in [0.1, 0.15) is 11.5 Å². The van der Waals surface area contributed by atoms with E-state index in [-0.39, 0.29) is 18.0 Å². The van der Waals surface area contributed by atoms with Crippen molar-refractivity contribution in [2.75, 3.05) is 7.05 Å². The minimum Gasteiger partial charge on any atom is -0.507 e. The molecule has 0 aliphatic rings. The number of rotatable bonds is 4. The van der Waals surface area contributed by atoms with Crippen molar-refractivity contribution in [3.8, 4) is 11.5 Å². The number of carbonyl (C=O) groups is 1. The average molecular weight is 302 g/mol. The molecule has 1 amide bonds. The maximum atomic E-state index is 11.9. The number of para-hydroxylation sites is 1. The first-order chi connectivity index (χ1) is 10.5. The summed E-state index contributed by atoms with van der Waals surface area (Å²) in [6.45, 7) is 0.0650. The molecule has 0 atom stereocenters. The van der Waals surface area contributed by atoms with E-state index >= 15 is 0 Å². The topological polar surface area (TPSA) is 92.9 Å². The van der Waals surface area contributed by atoms with E-state index in [1.54, 1.807) is 30.3 Å². The highest BCUT2D eigenvalue weighted by atomic mass is 16.6. The van der Waals surface area contributed by atoms with Crippen molar-refractivity contribution < 1.29 is 19.6 Å². The zero-order valence-corrected chi connectivity index (χ0v) is 11.8. The predicted octanol–water partition coefficient (Wildman–Crippen LogP) is 2.93. The number of aromatic hydroxyl groups is 1. The van der Waals surface area contributed by atoms with Gasteiger partial charge >= 0.3 is 6.09 Å². The second-order valence-corrected chi connectivity index (χ2v) is 4.61. The first-order valence-corrected chi connectivity index (χ1v) is 6.41. The molecule has 0 unspecified atom stereocenters. The minimum absolute atomic E-state index is 0.0650. The molecule has 0 bridgehead atoms. The molecule has 22 heavy (non-hydrogen) atoms. The molecule has 0 saturated carbocycles. The number of hydrogen-bond acceptors (Lipinski definition) is 5. The van der Waals surface area contributed by atoms with Gasteiger partial charge in [-0.2, -0.15) is 0 Å². The van der Waals surface area contributed by atoms with Crippen LogP contribution in [0.4, 0.5) is 10.5 Å². The van der Waals surface area contributed by atoms with Crippen LogP contribution in [0.25, 0.3) is 0 Å². The molecule has 0 aromatic heterocycles. The van der Waals surface area contributed by atoms with Gasteiger partial charge in [-0.3, -0.25) is 10.1 Å². The van der Waals surface area contributed by atoms with E-state index in [0.717, 1.165) is 6.07 Å². The molecule has 2 aromatic rings. The first-order valence-electron chi connectivity index (χ1n) is 6.41. The van der Waals surface area contributed by atoms with E-state index in [2.05, 4.69) is 0 Å². The highest BCUT2D eigenvalue weighted by molar-refractivity contribution is 5.70. The van der Waals surface area contributed by atoms with Gasteiger partial charge in [-0.1, -0.05) is 18.2 Å². The zero-order chi connectivity index (χ0) is 16.1. The normalized spacial score (nSPS) is 10.0. The number of nitro benzene ring substituents is 1. The molecule has 0 fully saturated rings. The molecule has 114 valence electrons. The highest BCUT2D eigenvalue weighted by Crippen LogP contribution is 2.24. The summed E-state index contributed by atoms with van der Waals surface area (Å²) in [6, 6.07) is 12.3. The number of hydrogen-bond donors (Lipinski definition) is 1. The fourth-order valence-corrected chi connectivity index (χ4v) is 1.79. The summed E-state index contributed by atoms with van der Waals surface area (Å²) >= 11 is 0. The third-order valence-corrected chi connectivity index (χ3v) is 2.95. The van der Waals surface area contributed by atoms with Crippen LogP contribution in [0.1, 0.15) is 5.56 Å². The number of non-ortho nitro benzene ring substituents is 1. The van der Waals surface area contributed by atoms with Gasteiger partial charge in [-0.05, 0) is 18.2 Å². The lowest BCUT2D eigenvalue weighted by Crippen LogP contribution is -2.29. The van der Waals surface area contributed by atoms with Crippen LogP contribution >= 0.6 is 0 Å². The molecule has 0 radical (unpaired) electrons. The Kier molecular flexibility index (Phi) is 4.57. The van der Waals surface area contributed by atoms with Crippen molar-refractivity contribution in [3.63, 3.8) is 0 Å². The third-order valence-electron chi connectivity index (χ3n) is 2.95. The number of carbonyl (C=O) groups excluding carboxylic acids is 1. The zero-order valence-electron chi connectivity index (χ0n) is 11.8. The van der Waals surface area contributed by atoms with Crippen LogP contribution in [0.3, 0.4) is 0 Å². The van der Waals surface area contributed by atoms with Crippen molar-refractivity contribution in [1.82, 2.24) is 4.90 Å². The number of nitro groups is 1. The van der Waals surface area contributed by atoms with E-state index in [1.807, 2.05) is 0 Å². The summed E-state index contributed by atoms with van der Waals surface area (Å²) in [6.07, 6.45) is -0.594. The smallest absolute Gasteiger partial charge is 0.415 e. The molecule has 7 nitrogen and oxygen atoms in total. The molecule has 0 aliphatic heterocycles. The Labute approximate surface area is 126 Å². The van der Waals surface area contributed by atoms with Crippen molar-refractivity contribution >= 4 is 11.8 Å². The monoisotopic (exact) mass is 302 g/mol. The summed E-state index contributed by atoms with van der Waals surface area (Å²) in [4.78, 5) is 23.2. The Bertz CT molecular complexity index is 688. The number of nitrogens with zero attached hydrogens (tertiary/aromatic N) is 2. The molecule has 0 heterocycles. The van der Waals surface area contributed by atoms with Gasteiger partial charge in [-0.25, -0.2) is 4.79 Å². The molecule has 1 N–H and O–H groups in total. The Hall–Kier alpha value is -3.09. The number of phenolic OH excluding ortho intramolecular Hbond substituents is 1. The summed E-state index contributed by atoms with van der Waals surface area (Å²) in [7, 11) is 1.51. The quantitative estimate of drug-likeness (QED) is 0.692. The van der Waals surface area contributed by atoms with Crippen molar-refractivity contribution in [2.45, 2.75) is 6.54 Å². The number of ether oxygens (including phenoxy) is 1. The maximum absolute atomic E-state index is 11.9. The lowest BCUT2D eigenvalue weighted by molar-refractivity contribution is -0.384. The van der Waals surface area contributed by atoms with Crippen LogP contribution in [0.15, 0.2) is 48.5 Å². The lowest BCUT2D eigenvalue weighted by atomic mass is 10.1. The number of amides is 1. The molecule has 7 heteroatoms. The van der Waals surface area contributed by atoms with Gasteiger partial charge in [-0.15, -0.1) is 0 Å². The van der Waals surface area contributed by atoms with E-state index in [4.69, 9.17) is 4.74 Å². The molecule has 0 spiro atoms. The Morgan fingerprint density at radius 2 is 1.95 bits per heavy atom. The summed E-state index contributed by atoms with van der Waals surface area (Å²) in [5, 5.41) is 20.4. The van der Waals surface area contributed by atoms with Crippen LogP contribution < -0.4 is 4.74 Å². The Morgan fingerprint density at radius 3 is 2.55 bits per heavy atom. The predicted molar refractivity (Wildman–Crippen MR) is 78.7 cm³/mol. The number of phenols is 1. The average Bonchev–Trinajstić information content (AvgIpc) is 2.50. The summed E-state index contributed by atoms with van der Waals surface area (Å²) in [5.41, 5.74) is 0.175. The SMILES string of the molecule is CN(Cc1ccc([N+](=O)[O-])cc1O)C(=O)Oc1ccccc1. The van der Waals surface area contributed by atoms with Gasteiger partial charge in [0, 0.05) is 18.7 Å². The Morgan fingerprint density at radius 1 is 1.27 bits per heavy atom. The standard InChI is InChI=1S/C15H14N2O5/c1-16(15(19)22-13-5-3-2-4-6-13)10-11-7-8-12(17(20)21)9-14(11)18/h2-9,18H,10H2,1H3. The van der Waals surface area contributed by atoms with Crippen LogP contribution in [-0.2, 0) is 6.54 Å². The molecule has 0 saturated heterocycles. The Balaban J connectivity index is 2.03. The molecular formula is C15H14N2O5. The van der Waals surface area contributed by atoms with Crippen molar-refractivity contribution in [1.29, 1.82) is 0 Å². The minimum atomic E-state index is -0.600. The maximum Gasteiger partial charge on any atom is 0.415 e. The molecule has 0 aliphatic carbocycles. The fourth-order valence-electron chi connectivity index (χ4n) is 1.79. The van der Waals surface area contributed by atoms with Crippen LogP contribution in [-0.4, -0.2) is 28.1 Å². The van der Waals surface area contributed by atoms with E-state index in [1.165, 1.54) is 24.1 Å². The van der Waals surface area contributed by atoms with Gasteiger partial charge in [0.2, 0.25) is 0 Å². The second-order valence-electron chi connectivity index (χ2n) is 4.61. The van der Waals surface area contributed by atoms with Crippen LogP contribution in [0, 0.1) is 10.1 Å². The fraction of sp³-hybridized carbons (Fsp3) is 0.133. The van der Waals surface area contributed by atoms with Gasteiger partial charge in [0.05, 0.1) is 17.5 Å². The van der Waals surface area contributed by atoms with E-state index < -0.39 is 11.0 Å². The van der Waals surface area contributed by atoms with Gasteiger partial charge < -0.3 is 14.7 Å². The highest BCUT2D eigenvalue weighted by Gasteiger charge is 2.15. The molecule has 2 aromatic carbocycles. The molecular weight excluding hydrogens is 288 g/mol. The van der Waals surface area contributed by atoms with E-state index in [0.29, 0.717) is 11.3 Å². The number of benzene rings is 2. The molecule has 2 rings (SSSR count). The first kappa shape index (κ1) is 15.3. The van der Waals surface area contributed by atoms with Gasteiger partial charge in [0.15, 0.2) is 0 Å². The van der Waals surface area contributed by atoms with Gasteiger partial charge in [0.25, 0.3) is 5.69 Å². The lowest BCUT2D eigenvalue weighted by Gasteiger charge is -2.17.